The lowest BCUT2D eigenvalue weighted by Crippen LogP contribution is -2.44. The number of carbonyl (C=O) groups excluding carboxylic acids is 1. The lowest BCUT2D eigenvalue weighted by molar-refractivity contribution is -0.135. The van der Waals surface area contributed by atoms with Crippen molar-refractivity contribution in [2.75, 3.05) is 0 Å². The van der Waals surface area contributed by atoms with E-state index in [2.05, 4.69) is 10.3 Å². The van der Waals surface area contributed by atoms with E-state index in [0.717, 1.165) is 6.07 Å². The van der Waals surface area contributed by atoms with E-state index in [4.69, 9.17) is 23.2 Å². The number of aliphatic hydroxyl groups excluding tert-OH is 1. The molecule has 1 heterocycles. The van der Waals surface area contributed by atoms with Crippen LogP contribution in [0.2, 0.25) is 10.0 Å². The quantitative estimate of drug-likeness (QED) is 0.760. The number of carbonyl (C=O) groups is 1. The van der Waals surface area contributed by atoms with Crippen molar-refractivity contribution in [1.29, 1.82) is 0 Å². The second kappa shape index (κ2) is 7.66. The van der Waals surface area contributed by atoms with E-state index in [1.54, 1.807) is 0 Å². The number of benzene rings is 1. The maximum absolute atomic E-state index is 15.5. The topological polar surface area (TPSA) is 62.2 Å². The molecule has 1 aromatic heterocycles. The Morgan fingerprint density at radius 3 is 2.85 bits per heavy atom. The number of nitrogens with one attached hydrogen (secondary N) is 1. The molecule has 2 aromatic rings. The fourth-order valence-electron chi connectivity index (χ4n) is 3.17. The first-order valence-corrected chi connectivity index (χ1v) is 8.86. The molecule has 27 heavy (non-hydrogen) atoms. The Hall–Kier alpha value is -1.83. The summed E-state index contributed by atoms with van der Waals surface area (Å²) in [6.45, 7) is -0.391. The zero-order chi connectivity index (χ0) is 19.8. The molecule has 144 valence electrons. The molecule has 0 spiro atoms. The molecule has 0 bridgehead atoms. The lowest BCUT2D eigenvalue weighted by Gasteiger charge is -2.32. The maximum Gasteiger partial charge on any atom is 0.264 e. The highest BCUT2D eigenvalue weighted by Crippen LogP contribution is 2.42. The summed E-state index contributed by atoms with van der Waals surface area (Å²) in [5.41, 5.74) is -2.82. The van der Waals surface area contributed by atoms with Gasteiger partial charge in [-0.2, -0.15) is 0 Å². The minimum Gasteiger partial charge on any atom is -0.387 e. The van der Waals surface area contributed by atoms with Crippen molar-refractivity contribution in [2.45, 2.75) is 37.6 Å². The molecule has 0 fully saturated rings. The van der Waals surface area contributed by atoms with Crippen LogP contribution < -0.4 is 5.32 Å². The molecule has 2 N–H and O–H groups in total. The predicted octanol–water partition coefficient (Wildman–Crippen LogP) is 4.63. The predicted molar refractivity (Wildman–Crippen MR) is 94.5 cm³/mol. The van der Waals surface area contributed by atoms with Gasteiger partial charge in [0.15, 0.2) is 0 Å². The van der Waals surface area contributed by atoms with Crippen LogP contribution in [0.4, 0.5) is 13.2 Å². The molecule has 0 saturated heterocycles. The van der Waals surface area contributed by atoms with Gasteiger partial charge in [-0.05, 0) is 36.6 Å². The maximum atomic E-state index is 15.5. The number of nitrogens with zero attached hydrogens (tertiary/aromatic N) is 1. The molecule has 2 atom stereocenters. The average Bonchev–Trinajstić information content (AvgIpc) is 2.63. The van der Waals surface area contributed by atoms with Gasteiger partial charge < -0.3 is 10.4 Å². The highest BCUT2D eigenvalue weighted by Gasteiger charge is 2.46. The number of pyridine rings is 1. The van der Waals surface area contributed by atoms with Crippen LogP contribution in [0.25, 0.3) is 0 Å². The molecule has 1 aromatic carbocycles. The summed E-state index contributed by atoms with van der Waals surface area (Å²) in [7, 11) is 0. The Bertz CT molecular complexity index is 882. The highest BCUT2D eigenvalue weighted by atomic mass is 35.5. The number of halogens is 5. The first-order chi connectivity index (χ1) is 12.7. The van der Waals surface area contributed by atoms with Crippen LogP contribution in [0.1, 0.15) is 47.8 Å². The van der Waals surface area contributed by atoms with Crippen molar-refractivity contribution in [2.24, 2.45) is 0 Å². The van der Waals surface area contributed by atoms with Crippen molar-refractivity contribution in [1.82, 2.24) is 10.3 Å². The largest absolute Gasteiger partial charge is 0.387 e. The van der Waals surface area contributed by atoms with Gasteiger partial charge in [0.25, 0.3) is 12.3 Å². The number of hydrogen-bond acceptors (Lipinski definition) is 3. The fraction of sp³-hybridized carbons (Fsp3) is 0.333. The molecule has 0 radical (unpaired) electrons. The summed E-state index contributed by atoms with van der Waals surface area (Å²) in [6.07, 6.45) is -2.67. The third-order valence-electron chi connectivity index (χ3n) is 4.56. The van der Waals surface area contributed by atoms with E-state index in [0.29, 0.717) is 0 Å². The Morgan fingerprint density at radius 1 is 1.41 bits per heavy atom. The number of alkyl halides is 3. The first kappa shape index (κ1) is 19.9. The van der Waals surface area contributed by atoms with Crippen molar-refractivity contribution in [3.8, 4) is 0 Å². The molecule has 1 aliphatic rings. The van der Waals surface area contributed by atoms with Crippen LogP contribution in [0.15, 0.2) is 30.5 Å². The second-order valence-electron chi connectivity index (χ2n) is 6.23. The number of fused-ring (bicyclic) bond motifs is 1. The van der Waals surface area contributed by atoms with Gasteiger partial charge in [0.1, 0.15) is 0 Å². The van der Waals surface area contributed by atoms with Crippen LogP contribution in [0.3, 0.4) is 0 Å². The number of aromatic nitrogens is 1. The van der Waals surface area contributed by atoms with E-state index in [9.17, 15) is 18.7 Å². The van der Waals surface area contributed by atoms with Gasteiger partial charge in [0.2, 0.25) is 5.67 Å². The Balaban J connectivity index is 1.86. The van der Waals surface area contributed by atoms with E-state index in [1.165, 1.54) is 24.4 Å². The Kier molecular flexibility index (Phi) is 5.65. The van der Waals surface area contributed by atoms with Crippen LogP contribution >= 0.6 is 23.2 Å². The molecule has 1 amide bonds. The highest BCUT2D eigenvalue weighted by molar-refractivity contribution is 6.35. The summed E-state index contributed by atoms with van der Waals surface area (Å²) in [4.78, 5) is 16.5. The van der Waals surface area contributed by atoms with Crippen LogP contribution in [-0.4, -0.2) is 16.0 Å². The van der Waals surface area contributed by atoms with Gasteiger partial charge >= 0.3 is 0 Å². The number of rotatable bonds is 4. The summed E-state index contributed by atoms with van der Waals surface area (Å²) in [6, 6.07) is 5.17. The standard InChI is InChI=1S/C18H15Cl2F3N2O2/c19-9-6-10(16(21)22)11(13(20)7-9)8-25-17(27)18(23)4-3-14(26)15-12(18)2-1-5-24-15/h1-2,5-7,14,16,26H,3-4,8H2,(H,25,27). The van der Waals surface area contributed by atoms with Gasteiger partial charge in [-0.25, -0.2) is 13.2 Å². The Labute approximate surface area is 163 Å². The van der Waals surface area contributed by atoms with Crippen LogP contribution in [0, 0.1) is 0 Å². The molecule has 0 aliphatic heterocycles. The molecule has 1 aliphatic carbocycles. The van der Waals surface area contributed by atoms with E-state index < -0.39 is 36.2 Å². The third-order valence-corrected chi connectivity index (χ3v) is 5.11. The minimum absolute atomic E-state index is 0.0118. The molecule has 3 rings (SSSR count). The molecule has 0 saturated carbocycles. The lowest BCUT2D eigenvalue weighted by atomic mass is 9.81. The summed E-state index contributed by atoms with van der Waals surface area (Å²) in [5, 5.41) is 12.3. The summed E-state index contributed by atoms with van der Waals surface area (Å²) in [5.74, 6) is -1.00. The van der Waals surface area contributed by atoms with Gasteiger partial charge in [0.05, 0.1) is 11.8 Å². The van der Waals surface area contributed by atoms with Gasteiger partial charge in [0, 0.05) is 33.9 Å². The number of amides is 1. The average molecular weight is 419 g/mol. The smallest absolute Gasteiger partial charge is 0.264 e. The second-order valence-corrected chi connectivity index (χ2v) is 7.07. The summed E-state index contributed by atoms with van der Waals surface area (Å²) < 4.78 is 42.0. The fourth-order valence-corrected chi connectivity index (χ4v) is 3.75. The monoisotopic (exact) mass is 418 g/mol. The molecule has 4 nitrogen and oxygen atoms in total. The zero-order valence-corrected chi connectivity index (χ0v) is 15.4. The molecule has 9 heteroatoms. The van der Waals surface area contributed by atoms with Crippen molar-refractivity contribution < 1.29 is 23.1 Å². The minimum atomic E-state index is -2.86. The van der Waals surface area contributed by atoms with E-state index in [-0.39, 0.29) is 39.7 Å². The first-order valence-electron chi connectivity index (χ1n) is 8.10. The normalized spacial score (nSPS) is 21.8. The SMILES string of the molecule is O=C(NCc1c(Cl)cc(Cl)cc1C(F)F)C1(F)CCC(O)c2ncccc21. The van der Waals surface area contributed by atoms with E-state index >= 15 is 4.39 Å². The van der Waals surface area contributed by atoms with Crippen molar-refractivity contribution >= 4 is 29.1 Å². The zero-order valence-electron chi connectivity index (χ0n) is 13.9. The van der Waals surface area contributed by atoms with Gasteiger partial charge in [-0.3, -0.25) is 9.78 Å². The number of hydrogen-bond donors (Lipinski definition) is 2. The molecular weight excluding hydrogens is 404 g/mol. The molecule has 2 unspecified atom stereocenters. The third kappa shape index (κ3) is 3.77. The Morgan fingerprint density at radius 2 is 2.15 bits per heavy atom. The van der Waals surface area contributed by atoms with E-state index in [1.807, 2.05) is 0 Å². The van der Waals surface area contributed by atoms with Gasteiger partial charge in [-0.1, -0.05) is 29.3 Å². The van der Waals surface area contributed by atoms with Crippen molar-refractivity contribution in [3.63, 3.8) is 0 Å². The van der Waals surface area contributed by atoms with Crippen molar-refractivity contribution in [3.05, 3.63) is 62.9 Å². The molecular formula is C18H15Cl2F3N2O2. The van der Waals surface area contributed by atoms with Gasteiger partial charge in [-0.15, -0.1) is 0 Å². The number of aliphatic hydroxyl groups is 1. The summed E-state index contributed by atoms with van der Waals surface area (Å²) >= 11 is 11.7. The van der Waals surface area contributed by atoms with Crippen LogP contribution in [0.5, 0.6) is 0 Å². The van der Waals surface area contributed by atoms with Crippen LogP contribution in [-0.2, 0) is 17.0 Å².